The summed E-state index contributed by atoms with van der Waals surface area (Å²) < 4.78 is 0. The molecule has 0 atom stereocenters. The molecule has 0 aliphatic carbocycles. The molecule has 0 saturated carbocycles. The van der Waals surface area contributed by atoms with E-state index in [1.54, 1.807) is 29.3 Å². The Morgan fingerprint density at radius 1 is 1.53 bits per heavy atom. The lowest BCUT2D eigenvalue weighted by molar-refractivity contribution is 0.0842. The highest BCUT2D eigenvalue weighted by Gasteiger charge is 2.21. The number of amides is 1. The van der Waals surface area contributed by atoms with E-state index in [0.717, 1.165) is 5.70 Å². The van der Waals surface area contributed by atoms with Crippen molar-refractivity contribution in [1.29, 1.82) is 0 Å². The van der Waals surface area contributed by atoms with Crippen molar-refractivity contribution in [3.8, 4) is 0 Å². The van der Waals surface area contributed by atoms with Crippen molar-refractivity contribution in [2.45, 2.75) is 27.2 Å². The van der Waals surface area contributed by atoms with E-state index in [4.69, 9.17) is 0 Å². The van der Waals surface area contributed by atoms with Gasteiger partial charge in [-0.15, -0.1) is 6.58 Å². The van der Waals surface area contributed by atoms with Gasteiger partial charge in [0.05, 0.1) is 5.56 Å². The number of hydrogen-bond acceptors (Lipinski definition) is 2. The Hall–Kier alpha value is -2.16. The summed E-state index contributed by atoms with van der Waals surface area (Å²) in [6.07, 6.45) is 5.87. The van der Waals surface area contributed by atoms with Crippen LogP contribution in [0.15, 0.2) is 55.0 Å². The van der Waals surface area contributed by atoms with Crippen LogP contribution in [-0.2, 0) is 0 Å². The van der Waals surface area contributed by atoms with E-state index in [2.05, 4.69) is 18.1 Å². The summed E-state index contributed by atoms with van der Waals surface area (Å²) in [5.74, 6) is -0.104. The molecular formula is C16H20N2O. The van der Waals surface area contributed by atoms with E-state index in [0.29, 0.717) is 23.4 Å². The monoisotopic (exact) mass is 256 g/mol. The summed E-state index contributed by atoms with van der Waals surface area (Å²) in [5.41, 5.74) is 2.86. The fourth-order valence-electron chi connectivity index (χ4n) is 1.77. The minimum Gasteiger partial charge on any atom is -0.285 e. The average molecular weight is 256 g/mol. The first kappa shape index (κ1) is 14.9. The highest BCUT2D eigenvalue weighted by atomic mass is 16.2. The zero-order valence-corrected chi connectivity index (χ0v) is 11.8. The maximum absolute atomic E-state index is 12.6. The third kappa shape index (κ3) is 3.41. The first-order valence-corrected chi connectivity index (χ1v) is 6.20. The first-order valence-electron chi connectivity index (χ1n) is 6.20. The van der Waals surface area contributed by atoms with Crippen LogP contribution in [0.25, 0.3) is 0 Å². The Labute approximate surface area is 115 Å². The Bertz CT molecular complexity index is 529. The van der Waals surface area contributed by atoms with Gasteiger partial charge in [-0.2, -0.15) is 0 Å². The van der Waals surface area contributed by atoms with Gasteiger partial charge in [0.25, 0.3) is 5.91 Å². The Morgan fingerprint density at radius 2 is 2.21 bits per heavy atom. The minimum atomic E-state index is -0.104. The molecule has 0 saturated heterocycles. The van der Waals surface area contributed by atoms with Gasteiger partial charge in [-0.05, 0) is 32.9 Å². The molecule has 0 bridgehead atoms. The molecule has 1 rings (SSSR count). The SMILES string of the molecule is C=CCC(=C)N(C(=O)c1cccnc1C)/C(C)=C\C. The fourth-order valence-corrected chi connectivity index (χ4v) is 1.77. The number of allylic oxidation sites excluding steroid dienone is 3. The molecule has 0 aliphatic rings. The van der Waals surface area contributed by atoms with E-state index < -0.39 is 0 Å². The molecule has 0 N–H and O–H groups in total. The summed E-state index contributed by atoms with van der Waals surface area (Å²) >= 11 is 0. The standard InChI is InChI=1S/C16H20N2O/c1-6-9-13(4)18(12(3)7-2)16(19)15-10-8-11-17-14(15)5/h6-8,10-11H,1,4,9H2,2-3,5H3/b12-7-. The Kier molecular flexibility index (Phi) is 5.24. The number of aromatic nitrogens is 1. The van der Waals surface area contributed by atoms with Gasteiger partial charge >= 0.3 is 0 Å². The van der Waals surface area contributed by atoms with E-state index >= 15 is 0 Å². The largest absolute Gasteiger partial charge is 0.285 e. The highest BCUT2D eigenvalue weighted by Crippen LogP contribution is 2.20. The van der Waals surface area contributed by atoms with Crippen molar-refractivity contribution in [1.82, 2.24) is 9.88 Å². The van der Waals surface area contributed by atoms with Gasteiger partial charge in [-0.3, -0.25) is 14.7 Å². The van der Waals surface area contributed by atoms with E-state index in [-0.39, 0.29) is 5.91 Å². The number of carbonyl (C=O) groups is 1. The smallest absolute Gasteiger partial charge is 0.264 e. The van der Waals surface area contributed by atoms with Gasteiger partial charge in [0.1, 0.15) is 0 Å². The van der Waals surface area contributed by atoms with Crippen LogP contribution < -0.4 is 0 Å². The van der Waals surface area contributed by atoms with Crippen molar-refractivity contribution in [2.75, 3.05) is 0 Å². The number of rotatable bonds is 5. The second-order valence-corrected chi connectivity index (χ2v) is 4.27. The first-order chi connectivity index (χ1) is 9.02. The van der Waals surface area contributed by atoms with Crippen molar-refractivity contribution >= 4 is 5.91 Å². The van der Waals surface area contributed by atoms with Crippen LogP contribution in [0.1, 0.15) is 36.3 Å². The van der Waals surface area contributed by atoms with E-state index in [1.165, 1.54) is 0 Å². The number of aryl methyl sites for hydroxylation is 1. The van der Waals surface area contributed by atoms with Gasteiger partial charge in [-0.25, -0.2) is 0 Å². The molecule has 1 amide bonds. The van der Waals surface area contributed by atoms with Crippen LogP contribution in [0.5, 0.6) is 0 Å². The van der Waals surface area contributed by atoms with Crippen molar-refractivity contribution in [3.63, 3.8) is 0 Å². The summed E-state index contributed by atoms with van der Waals surface area (Å²) in [5, 5.41) is 0. The molecule has 0 aliphatic heterocycles. The lowest BCUT2D eigenvalue weighted by atomic mass is 10.1. The molecule has 0 radical (unpaired) electrons. The molecule has 1 aromatic rings. The number of carbonyl (C=O) groups excluding carboxylic acids is 1. The predicted molar refractivity (Wildman–Crippen MR) is 78.5 cm³/mol. The minimum absolute atomic E-state index is 0.104. The lowest BCUT2D eigenvalue weighted by Crippen LogP contribution is -2.29. The van der Waals surface area contributed by atoms with Crippen LogP contribution in [0, 0.1) is 6.92 Å². The van der Waals surface area contributed by atoms with E-state index in [9.17, 15) is 4.79 Å². The van der Waals surface area contributed by atoms with Crippen molar-refractivity contribution < 1.29 is 4.79 Å². The summed E-state index contributed by atoms with van der Waals surface area (Å²) in [6.45, 7) is 13.3. The molecule has 19 heavy (non-hydrogen) atoms. The van der Waals surface area contributed by atoms with Crippen LogP contribution in [0.4, 0.5) is 0 Å². The molecule has 0 aromatic carbocycles. The molecule has 1 heterocycles. The summed E-state index contributed by atoms with van der Waals surface area (Å²) in [6, 6.07) is 3.54. The Morgan fingerprint density at radius 3 is 2.74 bits per heavy atom. The fraction of sp³-hybridized carbons (Fsp3) is 0.250. The second-order valence-electron chi connectivity index (χ2n) is 4.27. The molecule has 1 aromatic heterocycles. The third-order valence-electron chi connectivity index (χ3n) is 2.91. The zero-order chi connectivity index (χ0) is 14.4. The van der Waals surface area contributed by atoms with Crippen molar-refractivity contribution in [2.24, 2.45) is 0 Å². The molecule has 0 unspecified atom stereocenters. The van der Waals surface area contributed by atoms with Gasteiger partial charge < -0.3 is 0 Å². The summed E-state index contributed by atoms with van der Waals surface area (Å²) in [4.78, 5) is 18.4. The molecule has 100 valence electrons. The van der Waals surface area contributed by atoms with Crippen LogP contribution in [0.3, 0.4) is 0 Å². The lowest BCUT2D eigenvalue weighted by Gasteiger charge is -2.25. The third-order valence-corrected chi connectivity index (χ3v) is 2.91. The number of hydrogen-bond donors (Lipinski definition) is 0. The van der Waals surface area contributed by atoms with Gasteiger partial charge in [0.2, 0.25) is 0 Å². The van der Waals surface area contributed by atoms with Crippen LogP contribution in [0.2, 0.25) is 0 Å². The van der Waals surface area contributed by atoms with Gasteiger partial charge in [-0.1, -0.05) is 18.7 Å². The van der Waals surface area contributed by atoms with E-state index in [1.807, 2.05) is 26.8 Å². The maximum Gasteiger partial charge on any atom is 0.264 e. The number of pyridine rings is 1. The van der Waals surface area contributed by atoms with Crippen LogP contribution >= 0.6 is 0 Å². The van der Waals surface area contributed by atoms with Gasteiger partial charge in [0, 0.05) is 29.7 Å². The molecule has 3 heteroatoms. The molecule has 0 fully saturated rings. The number of nitrogens with zero attached hydrogens (tertiary/aromatic N) is 2. The van der Waals surface area contributed by atoms with Crippen LogP contribution in [-0.4, -0.2) is 15.8 Å². The average Bonchev–Trinajstić information content (AvgIpc) is 2.39. The molecule has 3 nitrogen and oxygen atoms in total. The van der Waals surface area contributed by atoms with Gasteiger partial charge in [0.15, 0.2) is 0 Å². The predicted octanol–water partition coefficient (Wildman–Crippen LogP) is 3.85. The normalized spacial score (nSPS) is 11.0. The summed E-state index contributed by atoms with van der Waals surface area (Å²) in [7, 11) is 0. The quantitative estimate of drug-likeness (QED) is 0.750. The highest BCUT2D eigenvalue weighted by molar-refractivity contribution is 5.97. The maximum atomic E-state index is 12.6. The second kappa shape index (κ2) is 6.69. The van der Waals surface area contributed by atoms with Crippen molar-refractivity contribution in [3.05, 3.63) is 66.3 Å². The molecule has 0 spiro atoms. The molecular weight excluding hydrogens is 236 g/mol. The topological polar surface area (TPSA) is 33.2 Å². The Balaban J connectivity index is 3.19. The zero-order valence-electron chi connectivity index (χ0n) is 11.8.